The molecule has 0 amide bonds. The third-order valence-corrected chi connectivity index (χ3v) is 3.98. The van der Waals surface area contributed by atoms with Gasteiger partial charge in [0.2, 0.25) is 0 Å². The fourth-order valence-corrected chi connectivity index (χ4v) is 2.76. The van der Waals surface area contributed by atoms with E-state index in [1.165, 1.54) is 49.6 Å². The Labute approximate surface area is 136 Å². The average Bonchev–Trinajstić information content (AvgIpc) is 2.88. The lowest BCUT2D eigenvalue weighted by atomic mass is 10.2. The fourth-order valence-electron chi connectivity index (χ4n) is 1.93. The zero-order chi connectivity index (χ0) is 16.4. The first-order chi connectivity index (χ1) is 10.6. The largest absolute Gasteiger partial charge is 0.462 e. The van der Waals surface area contributed by atoms with E-state index in [9.17, 15) is 4.79 Å². The zero-order valence-corrected chi connectivity index (χ0v) is 14.8. The Morgan fingerprint density at radius 1 is 1.18 bits per heavy atom. The van der Waals surface area contributed by atoms with Crippen molar-refractivity contribution in [3.8, 4) is 0 Å². The molecule has 2 rings (SSSR count). The van der Waals surface area contributed by atoms with Gasteiger partial charge in [-0.05, 0) is 19.9 Å². The van der Waals surface area contributed by atoms with Crippen LogP contribution in [0.5, 0.6) is 0 Å². The van der Waals surface area contributed by atoms with Crippen LogP contribution in [0.3, 0.4) is 0 Å². The van der Waals surface area contributed by atoms with Gasteiger partial charge in [0.15, 0.2) is 5.65 Å². The number of pyridine rings is 1. The van der Waals surface area contributed by atoms with Gasteiger partial charge in [-0.25, -0.2) is 14.8 Å². The Kier molecular flexibility index (Phi) is 8.67. The molecule has 0 aliphatic carbocycles. The first-order valence-corrected chi connectivity index (χ1v) is 8.84. The van der Waals surface area contributed by atoms with E-state index in [0.717, 1.165) is 9.71 Å². The third kappa shape index (κ3) is 6.10. The minimum Gasteiger partial charge on any atom is -0.462 e. The van der Waals surface area contributed by atoms with Crippen LogP contribution in [0, 0.1) is 6.92 Å². The second-order valence-electron chi connectivity index (χ2n) is 5.06. The van der Waals surface area contributed by atoms with E-state index in [-0.39, 0.29) is 5.97 Å². The van der Waals surface area contributed by atoms with E-state index < -0.39 is 0 Å². The van der Waals surface area contributed by atoms with Crippen molar-refractivity contribution in [2.75, 3.05) is 6.61 Å². The molecule has 0 unspecified atom stereocenters. The number of unbranched alkanes of at least 4 members (excludes halogenated alkanes) is 4. The monoisotopic (exact) mass is 322 g/mol. The number of carbonyl (C=O) groups is 1. The topological polar surface area (TPSA) is 52.1 Å². The second-order valence-corrected chi connectivity index (χ2v) is 6.29. The summed E-state index contributed by atoms with van der Waals surface area (Å²) >= 11 is 1.52. The predicted octanol–water partition coefficient (Wildman–Crippen LogP) is 5.15. The van der Waals surface area contributed by atoms with Gasteiger partial charge in [-0.1, -0.05) is 46.0 Å². The van der Waals surface area contributed by atoms with Crippen LogP contribution in [0.1, 0.15) is 68.2 Å². The molecule has 2 aromatic heterocycles. The maximum absolute atomic E-state index is 11.4. The minimum absolute atomic E-state index is 0.335. The third-order valence-electron chi connectivity index (χ3n) is 3.07. The SMILES string of the molecule is CCCCCCC.CCOC(=O)c1cnc2nc(C)sc2c1. The molecule has 0 radical (unpaired) electrons. The number of hydrogen-bond donors (Lipinski definition) is 0. The summed E-state index contributed by atoms with van der Waals surface area (Å²) in [4.78, 5) is 19.7. The number of carbonyl (C=O) groups excluding carboxylic acids is 1. The minimum atomic E-state index is -0.335. The van der Waals surface area contributed by atoms with E-state index in [1.54, 1.807) is 13.0 Å². The van der Waals surface area contributed by atoms with Crippen LogP contribution in [-0.2, 0) is 4.74 Å². The van der Waals surface area contributed by atoms with Gasteiger partial charge in [-0.3, -0.25) is 0 Å². The molecular weight excluding hydrogens is 296 g/mol. The molecule has 0 aliphatic heterocycles. The van der Waals surface area contributed by atoms with Crippen LogP contribution in [-0.4, -0.2) is 22.5 Å². The number of ether oxygens (including phenoxy) is 1. The average molecular weight is 322 g/mol. The summed E-state index contributed by atoms with van der Waals surface area (Å²) in [5.74, 6) is -0.335. The van der Waals surface area contributed by atoms with Crippen LogP contribution < -0.4 is 0 Å². The molecule has 4 nitrogen and oxygen atoms in total. The molecule has 0 saturated carbocycles. The number of aryl methyl sites for hydroxylation is 1. The van der Waals surface area contributed by atoms with Crippen LogP contribution in [0.2, 0.25) is 0 Å². The molecule has 0 spiro atoms. The van der Waals surface area contributed by atoms with Gasteiger partial charge in [0.1, 0.15) is 0 Å². The van der Waals surface area contributed by atoms with Crippen LogP contribution in [0.15, 0.2) is 12.3 Å². The summed E-state index contributed by atoms with van der Waals surface area (Å²) in [6, 6.07) is 1.77. The number of aromatic nitrogens is 2. The Morgan fingerprint density at radius 3 is 2.45 bits per heavy atom. The highest BCUT2D eigenvalue weighted by molar-refractivity contribution is 7.18. The van der Waals surface area contributed by atoms with Gasteiger partial charge in [0.25, 0.3) is 0 Å². The van der Waals surface area contributed by atoms with Gasteiger partial charge < -0.3 is 4.74 Å². The second kappa shape index (κ2) is 10.3. The normalized spacial score (nSPS) is 10.2. The summed E-state index contributed by atoms with van der Waals surface area (Å²) in [6.07, 6.45) is 8.51. The lowest BCUT2D eigenvalue weighted by Crippen LogP contribution is -2.04. The van der Waals surface area contributed by atoms with Gasteiger partial charge in [-0.15, -0.1) is 11.3 Å². The number of hydrogen-bond acceptors (Lipinski definition) is 5. The molecule has 0 aromatic carbocycles. The van der Waals surface area contributed by atoms with E-state index >= 15 is 0 Å². The number of fused-ring (bicyclic) bond motifs is 1. The molecule has 5 heteroatoms. The molecule has 0 bridgehead atoms. The zero-order valence-electron chi connectivity index (χ0n) is 14.0. The smallest absolute Gasteiger partial charge is 0.339 e. The Balaban J connectivity index is 0.000000295. The van der Waals surface area contributed by atoms with Crippen molar-refractivity contribution in [1.82, 2.24) is 9.97 Å². The fraction of sp³-hybridized carbons (Fsp3) is 0.588. The molecule has 2 aromatic rings. The van der Waals surface area contributed by atoms with E-state index in [1.807, 2.05) is 6.92 Å². The highest BCUT2D eigenvalue weighted by Gasteiger charge is 2.09. The van der Waals surface area contributed by atoms with Crippen LogP contribution in [0.4, 0.5) is 0 Å². The number of rotatable bonds is 6. The standard InChI is InChI=1S/C10H10N2O2S.C7H16/c1-3-14-10(13)7-4-8-9(11-5-7)12-6(2)15-8;1-3-5-7-6-4-2/h4-5H,3H2,1-2H3;3-7H2,1-2H3. The van der Waals surface area contributed by atoms with Gasteiger partial charge >= 0.3 is 5.97 Å². The van der Waals surface area contributed by atoms with Crippen molar-refractivity contribution >= 4 is 27.7 Å². The summed E-state index contributed by atoms with van der Waals surface area (Å²) in [5, 5.41) is 0.943. The Hall–Kier alpha value is -1.49. The van der Waals surface area contributed by atoms with E-state index in [0.29, 0.717) is 17.8 Å². The van der Waals surface area contributed by atoms with Crippen LogP contribution in [0.25, 0.3) is 10.3 Å². The maximum Gasteiger partial charge on any atom is 0.339 e. The molecular formula is C17H26N2O2S. The molecule has 2 heterocycles. The molecule has 0 atom stereocenters. The van der Waals surface area contributed by atoms with Crippen molar-refractivity contribution < 1.29 is 9.53 Å². The van der Waals surface area contributed by atoms with Gasteiger partial charge in [0.05, 0.1) is 21.9 Å². The van der Waals surface area contributed by atoms with E-state index in [4.69, 9.17) is 4.74 Å². The highest BCUT2D eigenvalue weighted by Crippen LogP contribution is 2.20. The maximum atomic E-state index is 11.4. The summed E-state index contributed by atoms with van der Waals surface area (Å²) in [7, 11) is 0. The highest BCUT2D eigenvalue weighted by atomic mass is 32.1. The van der Waals surface area contributed by atoms with Crippen molar-refractivity contribution in [2.24, 2.45) is 0 Å². The first kappa shape index (κ1) is 18.6. The van der Waals surface area contributed by atoms with Gasteiger partial charge in [0, 0.05) is 6.20 Å². The van der Waals surface area contributed by atoms with E-state index in [2.05, 4.69) is 23.8 Å². The summed E-state index contributed by atoms with van der Waals surface area (Å²) in [5.41, 5.74) is 1.17. The summed E-state index contributed by atoms with van der Waals surface area (Å²) in [6.45, 7) is 8.56. The lowest BCUT2D eigenvalue weighted by molar-refractivity contribution is 0.0526. The van der Waals surface area contributed by atoms with Crippen molar-refractivity contribution in [3.63, 3.8) is 0 Å². The number of nitrogens with zero attached hydrogens (tertiary/aromatic N) is 2. The molecule has 122 valence electrons. The van der Waals surface area contributed by atoms with Crippen molar-refractivity contribution in [3.05, 3.63) is 22.8 Å². The molecule has 0 aliphatic rings. The molecule has 0 N–H and O–H groups in total. The lowest BCUT2D eigenvalue weighted by Gasteiger charge is -1.99. The Bertz CT molecular complexity index is 577. The predicted molar refractivity (Wildman–Crippen MR) is 92.5 cm³/mol. The molecule has 0 saturated heterocycles. The van der Waals surface area contributed by atoms with Crippen LogP contribution >= 0.6 is 11.3 Å². The van der Waals surface area contributed by atoms with Gasteiger partial charge in [-0.2, -0.15) is 0 Å². The first-order valence-electron chi connectivity index (χ1n) is 8.02. The molecule has 0 fully saturated rings. The van der Waals surface area contributed by atoms with Crippen molar-refractivity contribution in [1.29, 1.82) is 0 Å². The quantitative estimate of drug-likeness (QED) is 0.545. The number of thiazole rings is 1. The Morgan fingerprint density at radius 2 is 1.86 bits per heavy atom. The summed E-state index contributed by atoms with van der Waals surface area (Å²) < 4.78 is 5.80. The number of esters is 1. The van der Waals surface area contributed by atoms with Crippen molar-refractivity contribution in [2.45, 2.75) is 59.8 Å². The molecule has 22 heavy (non-hydrogen) atoms.